The smallest absolute Gasteiger partial charge is 0.410 e. The molecule has 0 saturated carbocycles. The van der Waals surface area contributed by atoms with Crippen LogP contribution in [0.5, 0.6) is 0 Å². The maximum Gasteiger partial charge on any atom is 0.410 e. The van der Waals surface area contributed by atoms with Gasteiger partial charge < -0.3 is 19.9 Å². The first-order valence-corrected chi connectivity index (χ1v) is 13.2. The second-order valence-electron chi connectivity index (χ2n) is 10.7. The molecule has 0 unspecified atom stereocenters. The molecule has 200 valence electrons. The van der Waals surface area contributed by atoms with Gasteiger partial charge in [0, 0.05) is 36.4 Å². The van der Waals surface area contributed by atoms with Crippen LogP contribution in [0.2, 0.25) is 5.02 Å². The highest BCUT2D eigenvalue weighted by atomic mass is 35.5. The van der Waals surface area contributed by atoms with Gasteiger partial charge in [0.15, 0.2) is 0 Å². The molecule has 0 atom stereocenters. The largest absolute Gasteiger partial charge is 0.444 e. The number of carbonyl (C=O) groups excluding carboxylic acids is 2. The number of nitrogens with one attached hydrogen (secondary N) is 1. The van der Waals surface area contributed by atoms with E-state index in [0.29, 0.717) is 54.0 Å². The van der Waals surface area contributed by atoms with Crippen LogP contribution in [-0.4, -0.2) is 58.1 Å². The molecule has 2 aromatic carbocycles. The third-order valence-electron chi connectivity index (χ3n) is 6.60. The van der Waals surface area contributed by atoms with Gasteiger partial charge >= 0.3 is 6.09 Å². The maximum absolute atomic E-state index is 13.2. The van der Waals surface area contributed by atoms with Gasteiger partial charge in [-0.25, -0.2) is 14.8 Å². The fourth-order valence-electron chi connectivity index (χ4n) is 4.75. The third-order valence-corrected chi connectivity index (χ3v) is 6.97. The Morgan fingerprint density at radius 2 is 1.97 bits per heavy atom. The second-order valence-corrected chi connectivity index (χ2v) is 11.1. The van der Waals surface area contributed by atoms with Crippen LogP contribution in [0.25, 0.3) is 11.3 Å². The molecule has 2 aliphatic rings. The van der Waals surface area contributed by atoms with Gasteiger partial charge in [-0.1, -0.05) is 29.8 Å². The Hall–Kier alpha value is -4.16. The predicted molar refractivity (Wildman–Crippen MR) is 149 cm³/mol. The molecule has 10 heteroatoms. The first-order chi connectivity index (χ1) is 18.6. The highest BCUT2D eigenvalue weighted by Gasteiger charge is 2.34. The zero-order chi connectivity index (χ0) is 27.7. The van der Waals surface area contributed by atoms with Crippen molar-refractivity contribution >= 4 is 35.2 Å². The Morgan fingerprint density at radius 3 is 2.69 bits per heavy atom. The van der Waals surface area contributed by atoms with Gasteiger partial charge in [0.2, 0.25) is 11.9 Å². The minimum Gasteiger partial charge on any atom is -0.444 e. The number of anilines is 2. The summed E-state index contributed by atoms with van der Waals surface area (Å²) in [6, 6.07) is 15.1. The number of halogens is 1. The molecule has 1 aromatic heterocycles. The van der Waals surface area contributed by atoms with Crippen LogP contribution >= 0.6 is 11.6 Å². The number of amides is 2. The molecule has 0 aliphatic carbocycles. The van der Waals surface area contributed by atoms with E-state index in [1.165, 1.54) is 0 Å². The molecule has 0 bridgehead atoms. The van der Waals surface area contributed by atoms with Crippen molar-refractivity contribution in [3.63, 3.8) is 0 Å². The molecule has 2 amide bonds. The first-order valence-electron chi connectivity index (χ1n) is 12.8. The van der Waals surface area contributed by atoms with Gasteiger partial charge in [-0.15, -0.1) is 0 Å². The third kappa shape index (κ3) is 5.81. The molecule has 1 fully saturated rings. The van der Waals surface area contributed by atoms with Crippen LogP contribution in [-0.2, 0) is 22.4 Å². The number of fused-ring (bicyclic) bond motifs is 1. The summed E-state index contributed by atoms with van der Waals surface area (Å²) in [5.74, 6) is 0.345. The molecule has 3 aromatic rings. The summed E-state index contributed by atoms with van der Waals surface area (Å²) in [4.78, 5) is 37.6. The highest BCUT2D eigenvalue weighted by Crippen LogP contribution is 2.36. The van der Waals surface area contributed by atoms with Crippen molar-refractivity contribution in [1.82, 2.24) is 14.9 Å². The molecular formula is C29H29ClN6O3. The molecule has 1 N–H and O–H groups in total. The van der Waals surface area contributed by atoms with E-state index in [1.54, 1.807) is 34.2 Å². The molecule has 5 rings (SSSR count). The van der Waals surface area contributed by atoms with Crippen LogP contribution in [0.3, 0.4) is 0 Å². The fraction of sp³-hybridized carbons (Fsp3) is 0.345. The number of hydrogen-bond donors (Lipinski definition) is 1. The van der Waals surface area contributed by atoms with E-state index in [9.17, 15) is 14.9 Å². The lowest BCUT2D eigenvalue weighted by atomic mass is 10.0. The molecule has 9 nitrogen and oxygen atoms in total. The van der Waals surface area contributed by atoms with Crippen LogP contribution in [0.4, 0.5) is 16.4 Å². The summed E-state index contributed by atoms with van der Waals surface area (Å²) in [6.45, 7) is 7.02. The number of rotatable bonds is 5. The highest BCUT2D eigenvalue weighted by molar-refractivity contribution is 6.31. The zero-order valence-electron chi connectivity index (χ0n) is 22.1. The van der Waals surface area contributed by atoms with Crippen molar-refractivity contribution in [3.8, 4) is 17.3 Å². The van der Waals surface area contributed by atoms with E-state index in [1.807, 2.05) is 45.0 Å². The Balaban J connectivity index is 1.30. The quantitative estimate of drug-likeness (QED) is 0.489. The van der Waals surface area contributed by atoms with Gasteiger partial charge in [-0.3, -0.25) is 4.79 Å². The van der Waals surface area contributed by atoms with Gasteiger partial charge in [0.1, 0.15) is 11.7 Å². The van der Waals surface area contributed by atoms with E-state index in [-0.39, 0.29) is 24.5 Å². The fourth-order valence-corrected chi connectivity index (χ4v) is 4.95. The van der Waals surface area contributed by atoms with Crippen molar-refractivity contribution in [2.24, 2.45) is 0 Å². The Kier molecular flexibility index (Phi) is 7.15. The summed E-state index contributed by atoms with van der Waals surface area (Å²) in [6.07, 6.45) is 2.13. The van der Waals surface area contributed by atoms with Gasteiger partial charge in [0.25, 0.3) is 0 Å². The van der Waals surface area contributed by atoms with Crippen LogP contribution in [0.1, 0.15) is 37.5 Å². The van der Waals surface area contributed by atoms with Crippen LogP contribution < -0.4 is 10.2 Å². The van der Waals surface area contributed by atoms with E-state index in [0.717, 1.165) is 16.7 Å². The van der Waals surface area contributed by atoms with Crippen molar-refractivity contribution in [2.45, 2.75) is 45.3 Å². The van der Waals surface area contributed by atoms with E-state index < -0.39 is 5.60 Å². The number of hydrogen-bond acceptors (Lipinski definition) is 7. The minimum absolute atomic E-state index is 0.0140. The minimum atomic E-state index is -0.537. The van der Waals surface area contributed by atoms with E-state index >= 15 is 0 Å². The SMILES string of the molecule is CC(C)(C)OC(=O)N1CC(Nc2nccc(-c3cc(C#N)c4c(c3)CCN4C(=O)Cc3ccccc3Cl)n2)C1. The van der Waals surface area contributed by atoms with Gasteiger partial charge in [0.05, 0.1) is 29.4 Å². The lowest BCUT2D eigenvalue weighted by molar-refractivity contribution is -0.117. The molecule has 0 radical (unpaired) electrons. The predicted octanol–water partition coefficient (Wildman–Crippen LogP) is 4.83. The van der Waals surface area contributed by atoms with Crippen LogP contribution in [0, 0.1) is 11.3 Å². The van der Waals surface area contributed by atoms with Gasteiger partial charge in [-0.05, 0) is 62.6 Å². The molecule has 3 heterocycles. The van der Waals surface area contributed by atoms with Crippen LogP contribution in [0.15, 0.2) is 48.7 Å². The average Bonchev–Trinajstić information content (AvgIpc) is 3.30. The lowest BCUT2D eigenvalue weighted by Crippen LogP contribution is -2.58. The maximum atomic E-state index is 13.2. The summed E-state index contributed by atoms with van der Waals surface area (Å²) in [5, 5.41) is 13.8. The topological polar surface area (TPSA) is 111 Å². The summed E-state index contributed by atoms with van der Waals surface area (Å²) < 4.78 is 5.40. The normalized spacial score (nSPS) is 14.8. The molecule has 39 heavy (non-hydrogen) atoms. The number of aromatic nitrogens is 2. The number of nitrogens with zero attached hydrogens (tertiary/aromatic N) is 5. The number of benzene rings is 2. The number of carbonyl (C=O) groups is 2. The number of nitriles is 1. The lowest BCUT2D eigenvalue weighted by Gasteiger charge is -2.39. The summed E-state index contributed by atoms with van der Waals surface area (Å²) >= 11 is 6.26. The van der Waals surface area contributed by atoms with Crippen molar-refractivity contribution < 1.29 is 14.3 Å². The molecule has 1 saturated heterocycles. The standard InChI is InChI=1S/C29H29ClN6O3/c1-29(2,3)39-28(38)35-16-22(17-35)33-27-32-10-8-24(34-27)20-12-19-9-11-36(26(19)21(13-20)15-31)25(37)14-18-6-4-5-7-23(18)30/h4-8,10,12-13,22H,9,11,14,16-17H2,1-3H3,(H,32,33,34). The molecule has 0 spiro atoms. The van der Waals surface area contributed by atoms with Crippen molar-refractivity contribution in [2.75, 3.05) is 29.9 Å². The van der Waals surface area contributed by atoms with E-state index in [4.69, 9.17) is 16.3 Å². The Labute approximate surface area is 232 Å². The van der Waals surface area contributed by atoms with Crippen molar-refractivity contribution in [3.05, 3.63) is 70.4 Å². The molecule has 2 aliphatic heterocycles. The first kappa shape index (κ1) is 26.4. The Morgan fingerprint density at radius 1 is 1.21 bits per heavy atom. The number of ether oxygens (including phenoxy) is 1. The Bertz CT molecular complexity index is 1470. The van der Waals surface area contributed by atoms with Gasteiger partial charge in [-0.2, -0.15) is 5.26 Å². The summed E-state index contributed by atoms with van der Waals surface area (Å²) in [5.41, 5.74) is 3.67. The van der Waals surface area contributed by atoms with E-state index in [2.05, 4.69) is 21.4 Å². The summed E-state index contributed by atoms with van der Waals surface area (Å²) in [7, 11) is 0. The zero-order valence-corrected chi connectivity index (χ0v) is 22.8. The molecular weight excluding hydrogens is 516 g/mol. The monoisotopic (exact) mass is 544 g/mol. The number of likely N-dealkylation sites (tertiary alicyclic amines) is 1. The van der Waals surface area contributed by atoms with Crippen molar-refractivity contribution in [1.29, 1.82) is 5.26 Å². The second kappa shape index (κ2) is 10.5. The average molecular weight is 545 g/mol.